The third-order valence-corrected chi connectivity index (χ3v) is 2.90. The summed E-state index contributed by atoms with van der Waals surface area (Å²) in [5.41, 5.74) is 8.33. The summed E-state index contributed by atoms with van der Waals surface area (Å²) in [6, 6.07) is 3.86. The quantitative estimate of drug-likeness (QED) is 0.852. The van der Waals surface area contributed by atoms with Gasteiger partial charge in [0.05, 0.1) is 10.7 Å². The monoisotopic (exact) mass is 224 g/mol. The molecule has 2 N–H and O–H groups in total. The molecule has 2 aromatic rings. The minimum absolute atomic E-state index is 0.469. The topological polar surface area (TPSA) is 38.9 Å². The third kappa shape index (κ3) is 1.80. The van der Waals surface area contributed by atoms with Gasteiger partial charge in [0.15, 0.2) is 0 Å². The molecule has 0 bridgehead atoms. The molecule has 0 atom stereocenters. The van der Waals surface area contributed by atoms with Crippen LogP contribution in [0.3, 0.4) is 0 Å². The SMILES string of the molecule is NCc1cnc(-c2ccsc2)c(Cl)c1. The van der Waals surface area contributed by atoms with Crippen LogP contribution in [-0.4, -0.2) is 4.98 Å². The van der Waals surface area contributed by atoms with Crippen molar-refractivity contribution in [3.63, 3.8) is 0 Å². The summed E-state index contributed by atoms with van der Waals surface area (Å²) in [6.07, 6.45) is 1.76. The zero-order valence-corrected chi connectivity index (χ0v) is 8.98. The van der Waals surface area contributed by atoms with E-state index in [4.69, 9.17) is 17.3 Å². The highest BCUT2D eigenvalue weighted by molar-refractivity contribution is 7.08. The van der Waals surface area contributed by atoms with Gasteiger partial charge in [-0.1, -0.05) is 11.6 Å². The van der Waals surface area contributed by atoms with Crippen LogP contribution >= 0.6 is 22.9 Å². The zero-order chi connectivity index (χ0) is 9.97. The number of hydrogen-bond donors (Lipinski definition) is 1. The first-order chi connectivity index (χ1) is 6.81. The van der Waals surface area contributed by atoms with Crippen molar-refractivity contribution in [2.75, 3.05) is 0 Å². The molecule has 2 heterocycles. The highest BCUT2D eigenvalue weighted by Crippen LogP contribution is 2.27. The van der Waals surface area contributed by atoms with E-state index in [0.717, 1.165) is 16.8 Å². The molecule has 0 saturated heterocycles. The van der Waals surface area contributed by atoms with Gasteiger partial charge in [0.2, 0.25) is 0 Å². The fourth-order valence-corrected chi connectivity index (χ4v) is 2.14. The Bertz CT molecular complexity index is 426. The van der Waals surface area contributed by atoms with Crippen LogP contribution in [0.15, 0.2) is 29.1 Å². The number of nitrogens with zero attached hydrogens (tertiary/aromatic N) is 1. The van der Waals surface area contributed by atoms with Gasteiger partial charge in [0.1, 0.15) is 0 Å². The van der Waals surface area contributed by atoms with E-state index in [1.807, 2.05) is 22.9 Å². The molecule has 0 amide bonds. The standard InChI is InChI=1S/C10H9ClN2S/c11-9-3-7(4-12)5-13-10(9)8-1-2-14-6-8/h1-3,5-6H,4,12H2. The average molecular weight is 225 g/mol. The van der Waals surface area contributed by atoms with Crippen LogP contribution in [0.25, 0.3) is 11.3 Å². The normalized spacial score (nSPS) is 10.4. The van der Waals surface area contributed by atoms with Crippen LogP contribution < -0.4 is 5.73 Å². The maximum Gasteiger partial charge on any atom is 0.0896 e. The van der Waals surface area contributed by atoms with Crippen LogP contribution in [-0.2, 0) is 6.54 Å². The van der Waals surface area contributed by atoms with E-state index in [9.17, 15) is 0 Å². The second-order valence-electron chi connectivity index (χ2n) is 2.89. The Kier molecular flexibility index (Phi) is 2.82. The number of halogens is 1. The molecule has 0 spiro atoms. The highest BCUT2D eigenvalue weighted by atomic mass is 35.5. The van der Waals surface area contributed by atoms with Crippen molar-refractivity contribution >= 4 is 22.9 Å². The molecule has 0 radical (unpaired) electrons. The first-order valence-electron chi connectivity index (χ1n) is 4.18. The van der Waals surface area contributed by atoms with Crippen molar-refractivity contribution in [3.05, 3.63) is 39.7 Å². The Balaban J connectivity index is 2.46. The number of pyridine rings is 1. The van der Waals surface area contributed by atoms with Crippen molar-refractivity contribution in [1.29, 1.82) is 0 Å². The summed E-state index contributed by atoms with van der Waals surface area (Å²) in [7, 11) is 0. The predicted octanol–water partition coefficient (Wildman–Crippen LogP) is 2.92. The fourth-order valence-electron chi connectivity index (χ4n) is 1.20. The minimum atomic E-state index is 0.469. The second kappa shape index (κ2) is 4.09. The largest absolute Gasteiger partial charge is 0.326 e. The lowest BCUT2D eigenvalue weighted by Gasteiger charge is -2.02. The van der Waals surface area contributed by atoms with E-state index in [-0.39, 0.29) is 0 Å². The second-order valence-corrected chi connectivity index (χ2v) is 4.08. The molecule has 0 aromatic carbocycles. The lowest BCUT2D eigenvalue weighted by molar-refractivity contribution is 1.05. The smallest absolute Gasteiger partial charge is 0.0896 e. The van der Waals surface area contributed by atoms with Gasteiger partial charge in [-0.15, -0.1) is 0 Å². The van der Waals surface area contributed by atoms with E-state index in [2.05, 4.69) is 4.98 Å². The summed E-state index contributed by atoms with van der Waals surface area (Å²) in [5.74, 6) is 0. The van der Waals surface area contributed by atoms with E-state index < -0.39 is 0 Å². The summed E-state index contributed by atoms with van der Waals surface area (Å²) in [6.45, 7) is 0.469. The van der Waals surface area contributed by atoms with Crippen LogP contribution in [0, 0.1) is 0 Å². The van der Waals surface area contributed by atoms with Gasteiger partial charge in [-0.2, -0.15) is 11.3 Å². The first-order valence-corrected chi connectivity index (χ1v) is 5.50. The Morgan fingerprint density at radius 3 is 2.93 bits per heavy atom. The maximum absolute atomic E-state index is 6.09. The Morgan fingerprint density at radius 1 is 1.50 bits per heavy atom. The molecule has 0 aliphatic rings. The van der Waals surface area contributed by atoms with Gasteiger partial charge in [-0.3, -0.25) is 4.98 Å². The van der Waals surface area contributed by atoms with Gasteiger partial charge >= 0.3 is 0 Å². The van der Waals surface area contributed by atoms with Gasteiger partial charge < -0.3 is 5.73 Å². The lowest BCUT2D eigenvalue weighted by atomic mass is 10.2. The molecule has 4 heteroatoms. The van der Waals surface area contributed by atoms with Crippen molar-refractivity contribution in [3.8, 4) is 11.3 Å². The minimum Gasteiger partial charge on any atom is -0.326 e. The number of thiophene rings is 1. The van der Waals surface area contributed by atoms with Crippen LogP contribution in [0.1, 0.15) is 5.56 Å². The fraction of sp³-hybridized carbons (Fsp3) is 0.100. The molecule has 2 nitrogen and oxygen atoms in total. The molecule has 72 valence electrons. The molecule has 0 aliphatic carbocycles. The molecule has 0 unspecified atom stereocenters. The first kappa shape index (κ1) is 9.65. The molecule has 2 rings (SSSR count). The van der Waals surface area contributed by atoms with E-state index >= 15 is 0 Å². The van der Waals surface area contributed by atoms with Gasteiger partial charge in [0, 0.05) is 23.7 Å². The number of nitrogens with two attached hydrogens (primary N) is 1. The van der Waals surface area contributed by atoms with Crippen LogP contribution in [0.5, 0.6) is 0 Å². The number of rotatable bonds is 2. The molecule has 14 heavy (non-hydrogen) atoms. The van der Waals surface area contributed by atoms with Crippen molar-refractivity contribution in [1.82, 2.24) is 4.98 Å². The molecule has 0 fully saturated rings. The predicted molar refractivity (Wildman–Crippen MR) is 60.5 cm³/mol. The van der Waals surface area contributed by atoms with Crippen molar-refractivity contribution in [2.24, 2.45) is 5.73 Å². The summed E-state index contributed by atoms with van der Waals surface area (Å²) >= 11 is 7.72. The summed E-state index contributed by atoms with van der Waals surface area (Å²) in [5, 5.41) is 4.69. The Labute approximate surface area is 91.4 Å². The Morgan fingerprint density at radius 2 is 2.36 bits per heavy atom. The maximum atomic E-state index is 6.09. The van der Waals surface area contributed by atoms with Crippen molar-refractivity contribution in [2.45, 2.75) is 6.54 Å². The lowest BCUT2D eigenvalue weighted by Crippen LogP contribution is -1.97. The third-order valence-electron chi connectivity index (χ3n) is 1.93. The van der Waals surface area contributed by atoms with Gasteiger partial charge in [0.25, 0.3) is 0 Å². The zero-order valence-electron chi connectivity index (χ0n) is 7.40. The van der Waals surface area contributed by atoms with Crippen LogP contribution in [0.2, 0.25) is 5.02 Å². The number of hydrogen-bond acceptors (Lipinski definition) is 3. The molecule has 0 saturated carbocycles. The summed E-state index contributed by atoms with van der Waals surface area (Å²) < 4.78 is 0. The van der Waals surface area contributed by atoms with E-state index in [1.165, 1.54) is 0 Å². The Hall–Kier alpha value is -0.900. The summed E-state index contributed by atoms with van der Waals surface area (Å²) in [4.78, 5) is 4.29. The van der Waals surface area contributed by atoms with Crippen molar-refractivity contribution < 1.29 is 0 Å². The van der Waals surface area contributed by atoms with Gasteiger partial charge in [-0.25, -0.2) is 0 Å². The molecule has 2 aromatic heterocycles. The number of aromatic nitrogens is 1. The highest BCUT2D eigenvalue weighted by Gasteiger charge is 2.05. The molecule has 0 aliphatic heterocycles. The average Bonchev–Trinajstić information content (AvgIpc) is 2.70. The van der Waals surface area contributed by atoms with Crippen LogP contribution in [0.4, 0.5) is 0 Å². The van der Waals surface area contributed by atoms with Gasteiger partial charge in [-0.05, 0) is 23.1 Å². The molecular formula is C10H9ClN2S. The van der Waals surface area contributed by atoms with E-state index in [1.54, 1.807) is 17.5 Å². The molecular weight excluding hydrogens is 216 g/mol. The van der Waals surface area contributed by atoms with E-state index in [0.29, 0.717) is 11.6 Å².